The van der Waals surface area contributed by atoms with E-state index in [1.165, 1.54) is 16.9 Å². The lowest BCUT2D eigenvalue weighted by molar-refractivity contribution is -0.389. The van der Waals surface area contributed by atoms with Crippen molar-refractivity contribution in [2.24, 2.45) is 5.73 Å². The van der Waals surface area contributed by atoms with Crippen molar-refractivity contribution in [1.82, 2.24) is 9.78 Å². The lowest BCUT2D eigenvalue weighted by Crippen LogP contribution is -1.96. The molecule has 0 aromatic carbocycles. The average molecular weight is 208 g/mol. The van der Waals surface area contributed by atoms with Crippen LogP contribution in [-0.2, 0) is 6.54 Å². The third kappa shape index (κ3) is 1.72. The number of aromatic nitrogens is 2. The fraction of sp³-hybridized carbons (Fsp3) is 0.125. The van der Waals surface area contributed by atoms with Crippen molar-refractivity contribution in [2.75, 3.05) is 0 Å². The third-order valence-electron chi connectivity index (χ3n) is 1.84. The molecule has 0 radical (unpaired) electrons. The minimum Gasteiger partial charge on any atom is -0.441 e. The molecule has 0 aliphatic heterocycles. The summed E-state index contributed by atoms with van der Waals surface area (Å²) in [4.78, 5) is 9.82. The lowest BCUT2D eigenvalue weighted by Gasteiger charge is -1.89. The van der Waals surface area contributed by atoms with Crippen molar-refractivity contribution in [3.05, 3.63) is 40.3 Å². The first-order valence-corrected chi connectivity index (χ1v) is 4.20. The van der Waals surface area contributed by atoms with Gasteiger partial charge in [-0.05, 0) is 11.0 Å². The Morgan fingerprint density at radius 2 is 2.33 bits per heavy atom. The van der Waals surface area contributed by atoms with E-state index in [1.807, 2.05) is 0 Å². The molecule has 0 unspecified atom stereocenters. The number of nitro groups is 1. The van der Waals surface area contributed by atoms with Gasteiger partial charge >= 0.3 is 5.82 Å². The Balaban J connectivity index is 2.32. The van der Waals surface area contributed by atoms with Crippen LogP contribution < -0.4 is 5.73 Å². The second-order valence-corrected chi connectivity index (χ2v) is 2.82. The Hall–Kier alpha value is -2.15. The Bertz CT molecular complexity index is 488. The van der Waals surface area contributed by atoms with E-state index >= 15 is 0 Å². The summed E-state index contributed by atoms with van der Waals surface area (Å²) < 4.78 is 6.55. The summed E-state index contributed by atoms with van der Waals surface area (Å²) in [6.07, 6.45) is 1.46. The van der Waals surface area contributed by atoms with E-state index in [1.54, 1.807) is 12.1 Å². The highest BCUT2D eigenvalue weighted by atomic mass is 16.6. The number of nitrogens with two attached hydrogens (primary N) is 1. The molecule has 2 heterocycles. The first kappa shape index (κ1) is 9.41. The molecule has 7 heteroatoms. The molecule has 2 aromatic heterocycles. The predicted octanol–water partition coefficient (Wildman–Crippen LogP) is 0.832. The van der Waals surface area contributed by atoms with Gasteiger partial charge in [-0.3, -0.25) is 0 Å². The van der Waals surface area contributed by atoms with Gasteiger partial charge in [0.1, 0.15) is 5.76 Å². The number of furan rings is 1. The number of rotatable bonds is 3. The molecule has 78 valence electrons. The highest BCUT2D eigenvalue weighted by Gasteiger charge is 2.14. The fourth-order valence-electron chi connectivity index (χ4n) is 1.13. The lowest BCUT2D eigenvalue weighted by atomic mass is 10.5. The fourth-order valence-corrected chi connectivity index (χ4v) is 1.13. The van der Waals surface area contributed by atoms with E-state index in [0.29, 0.717) is 11.6 Å². The van der Waals surface area contributed by atoms with Crippen LogP contribution in [0.1, 0.15) is 5.76 Å². The molecule has 0 bridgehead atoms. The minimum absolute atomic E-state index is 0.222. The normalized spacial score (nSPS) is 10.5. The maximum absolute atomic E-state index is 10.4. The van der Waals surface area contributed by atoms with Crippen LogP contribution in [-0.4, -0.2) is 14.7 Å². The molecule has 0 saturated heterocycles. The van der Waals surface area contributed by atoms with Crippen molar-refractivity contribution in [3.8, 4) is 5.88 Å². The molecule has 7 nitrogen and oxygen atoms in total. The summed E-state index contributed by atoms with van der Waals surface area (Å²) >= 11 is 0. The van der Waals surface area contributed by atoms with E-state index in [9.17, 15) is 10.1 Å². The maximum atomic E-state index is 10.4. The zero-order valence-corrected chi connectivity index (χ0v) is 7.66. The van der Waals surface area contributed by atoms with Gasteiger partial charge in [0, 0.05) is 6.07 Å². The number of nitrogens with zero attached hydrogens (tertiary/aromatic N) is 3. The average Bonchev–Trinajstić information content (AvgIpc) is 2.86. The van der Waals surface area contributed by atoms with Crippen LogP contribution >= 0.6 is 0 Å². The van der Waals surface area contributed by atoms with Crippen LogP contribution in [0.3, 0.4) is 0 Å². The standard InChI is InChI=1S/C8H8N4O3/c9-5-6-1-2-8(15-6)11-4-3-7(10-11)12(13)14/h1-4H,5,9H2. The molecule has 0 spiro atoms. The van der Waals surface area contributed by atoms with Crippen LogP contribution in [0.2, 0.25) is 0 Å². The molecule has 0 aliphatic rings. The van der Waals surface area contributed by atoms with Gasteiger partial charge in [-0.25, -0.2) is 0 Å². The molecule has 0 fully saturated rings. The summed E-state index contributed by atoms with van der Waals surface area (Å²) in [6.45, 7) is 0.281. The molecule has 0 aliphatic carbocycles. The Kier molecular flexibility index (Phi) is 2.22. The Morgan fingerprint density at radius 3 is 2.87 bits per heavy atom. The minimum atomic E-state index is -0.566. The van der Waals surface area contributed by atoms with E-state index in [4.69, 9.17) is 10.2 Å². The van der Waals surface area contributed by atoms with Crippen LogP contribution in [0.25, 0.3) is 5.88 Å². The summed E-state index contributed by atoms with van der Waals surface area (Å²) in [5.41, 5.74) is 5.36. The van der Waals surface area contributed by atoms with Crippen LogP contribution in [0.4, 0.5) is 5.82 Å². The summed E-state index contributed by atoms with van der Waals surface area (Å²) in [7, 11) is 0. The Morgan fingerprint density at radius 1 is 1.53 bits per heavy atom. The van der Waals surface area contributed by atoms with E-state index < -0.39 is 4.92 Å². The molecule has 2 rings (SSSR count). The summed E-state index contributed by atoms with van der Waals surface area (Å²) in [5.74, 6) is 0.785. The highest BCUT2D eigenvalue weighted by Crippen LogP contribution is 2.14. The van der Waals surface area contributed by atoms with Crippen LogP contribution in [0.5, 0.6) is 0 Å². The molecule has 2 N–H and O–H groups in total. The molecule has 0 amide bonds. The summed E-state index contributed by atoms with van der Waals surface area (Å²) in [5, 5.41) is 14.1. The van der Waals surface area contributed by atoms with Gasteiger partial charge in [-0.2, -0.15) is 0 Å². The number of hydrogen-bond donors (Lipinski definition) is 1. The first-order chi connectivity index (χ1) is 7.20. The van der Waals surface area contributed by atoms with Crippen molar-refractivity contribution < 1.29 is 9.34 Å². The van der Waals surface area contributed by atoms with Gasteiger partial charge in [0.25, 0.3) is 0 Å². The second-order valence-electron chi connectivity index (χ2n) is 2.82. The van der Waals surface area contributed by atoms with Crippen LogP contribution in [0, 0.1) is 10.1 Å². The van der Waals surface area contributed by atoms with Gasteiger partial charge < -0.3 is 20.3 Å². The maximum Gasteiger partial charge on any atom is 0.390 e. The summed E-state index contributed by atoms with van der Waals surface area (Å²) in [6, 6.07) is 4.65. The zero-order valence-electron chi connectivity index (χ0n) is 7.66. The van der Waals surface area contributed by atoms with Crippen molar-refractivity contribution in [2.45, 2.75) is 6.54 Å². The predicted molar refractivity (Wildman–Crippen MR) is 50.4 cm³/mol. The molecule has 15 heavy (non-hydrogen) atoms. The van der Waals surface area contributed by atoms with E-state index in [0.717, 1.165) is 0 Å². The first-order valence-electron chi connectivity index (χ1n) is 4.20. The van der Waals surface area contributed by atoms with Crippen molar-refractivity contribution >= 4 is 5.82 Å². The SMILES string of the molecule is NCc1ccc(-n2ccc([N+](=O)[O-])n2)o1. The van der Waals surface area contributed by atoms with E-state index in [-0.39, 0.29) is 12.4 Å². The largest absolute Gasteiger partial charge is 0.441 e. The molecule has 0 saturated carbocycles. The molecular weight excluding hydrogens is 200 g/mol. The smallest absolute Gasteiger partial charge is 0.390 e. The molecular formula is C8H8N4O3. The Labute approximate surface area is 84.2 Å². The highest BCUT2D eigenvalue weighted by molar-refractivity contribution is 5.24. The third-order valence-corrected chi connectivity index (χ3v) is 1.84. The van der Waals surface area contributed by atoms with Gasteiger partial charge in [0.05, 0.1) is 23.9 Å². The topological polar surface area (TPSA) is 100 Å². The van der Waals surface area contributed by atoms with Crippen molar-refractivity contribution in [1.29, 1.82) is 0 Å². The monoisotopic (exact) mass is 208 g/mol. The van der Waals surface area contributed by atoms with Gasteiger partial charge in [-0.1, -0.05) is 0 Å². The van der Waals surface area contributed by atoms with Gasteiger partial charge in [-0.15, -0.1) is 4.68 Å². The van der Waals surface area contributed by atoms with E-state index in [2.05, 4.69) is 5.10 Å². The zero-order chi connectivity index (χ0) is 10.8. The second kappa shape index (κ2) is 3.54. The number of hydrogen-bond acceptors (Lipinski definition) is 5. The molecule has 2 aromatic rings. The van der Waals surface area contributed by atoms with Crippen molar-refractivity contribution in [3.63, 3.8) is 0 Å². The van der Waals surface area contributed by atoms with Gasteiger partial charge in [0.15, 0.2) is 0 Å². The van der Waals surface area contributed by atoms with Gasteiger partial charge in [0.2, 0.25) is 5.88 Å². The quantitative estimate of drug-likeness (QED) is 0.594. The molecule has 0 atom stereocenters. The van der Waals surface area contributed by atoms with Crippen LogP contribution in [0.15, 0.2) is 28.8 Å².